The zero-order valence-corrected chi connectivity index (χ0v) is 69.3. The molecule has 6 aromatic heterocycles. The van der Waals surface area contributed by atoms with Gasteiger partial charge in [0.05, 0.1) is 78.4 Å². The van der Waals surface area contributed by atoms with Crippen LogP contribution in [-0.4, -0.2) is 159 Å². The standard InChI is InChI=1S/C38H46N8O3S.C22H27BN2O4S.C22H31ClN6O/c1-23-8-13-27(14-9-23)50(47,48)46-31-15-10-24(2)34(35(31)25(3)41-46)36-39-29-16-18-44(33-20-30(26-11-12-26)42-43(33)6)21-28(29)37(40-36)45-19-17-32(49-7)38(4,5)22-45;1-14-8-11-17(12-9-14)30(26,27)25-18-13-10-15(2)20(19(18)16(3)24-25)23-28-21(4,5)22(6,7)29-23;1-22(2)13-29(10-8-18(22)30-4)20-15-12-28(9-7-16(15)24-21(23)25-20)19-11-17(14-5-6-14)26-27(19)3/h8-10,13-15,20,26,32H,11-12,16-19,21-22H2,1-7H3;8-13H,1-7H3;11,14,18H,5-10,12-13H2,1-4H3/t32-;;18-/m1.1/s1. The van der Waals surface area contributed by atoms with Crippen LogP contribution >= 0.6 is 11.6 Å². The van der Waals surface area contributed by atoms with Crippen molar-refractivity contribution in [3.8, 4) is 11.4 Å². The van der Waals surface area contributed by atoms with Gasteiger partial charge in [-0.15, -0.1) is 0 Å². The van der Waals surface area contributed by atoms with Gasteiger partial charge in [-0.1, -0.05) is 80.8 Å². The molecule has 582 valence electrons. The summed E-state index contributed by atoms with van der Waals surface area (Å²) in [5, 5.41) is 20.5. The molecule has 0 bridgehead atoms. The van der Waals surface area contributed by atoms with Crippen LogP contribution in [0.5, 0.6) is 0 Å². The Balaban J connectivity index is 0.000000139. The van der Waals surface area contributed by atoms with Crippen LogP contribution in [0.1, 0.15) is 173 Å². The van der Waals surface area contributed by atoms with E-state index in [1.54, 1.807) is 49.6 Å². The summed E-state index contributed by atoms with van der Waals surface area (Å²) >= 11 is 6.35. The molecule has 5 fully saturated rings. The highest BCUT2D eigenvalue weighted by Gasteiger charge is 2.53. The molecule has 0 unspecified atom stereocenters. The Kier molecular flexibility index (Phi) is 20.1. The third kappa shape index (κ3) is 14.3. The molecule has 2 aliphatic carbocycles. The summed E-state index contributed by atoms with van der Waals surface area (Å²) in [6.45, 7) is 35.3. The molecule has 0 N–H and O–H groups in total. The van der Waals surface area contributed by atoms with E-state index in [2.05, 4.69) is 74.6 Å². The van der Waals surface area contributed by atoms with E-state index in [0.717, 1.165) is 154 Å². The monoisotopic (exact) mass is 1550 g/mol. The molecule has 110 heavy (non-hydrogen) atoms. The molecule has 7 aliphatic rings. The quantitative estimate of drug-likeness (QED) is 0.0726. The minimum absolute atomic E-state index is 0.0485. The lowest BCUT2D eigenvalue weighted by molar-refractivity contribution is -0.00647. The number of rotatable bonds is 14. The van der Waals surface area contributed by atoms with Gasteiger partial charge in [0, 0.05) is 156 Å². The lowest BCUT2D eigenvalue weighted by Crippen LogP contribution is -2.50. The summed E-state index contributed by atoms with van der Waals surface area (Å²) in [6, 6.07) is 25.7. The first-order chi connectivity index (χ1) is 52.1. The number of halogens is 1. The first kappa shape index (κ1) is 77.0. The van der Waals surface area contributed by atoms with E-state index in [9.17, 15) is 16.8 Å². The predicted octanol–water partition coefficient (Wildman–Crippen LogP) is 13.1. The number of hydrogen-bond acceptors (Lipinski definition) is 20. The van der Waals surface area contributed by atoms with Gasteiger partial charge in [0.25, 0.3) is 20.0 Å². The van der Waals surface area contributed by atoms with Crippen molar-refractivity contribution in [1.82, 2.24) is 57.9 Å². The van der Waals surface area contributed by atoms with Gasteiger partial charge in [0.1, 0.15) is 23.3 Å². The summed E-state index contributed by atoms with van der Waals surface area (Å²) < 4.78 is 85.1. The molecule has 0 spiro atoms. The topological polar surface area (TPSA) is 241 Å². The Hall–Kier alpha value is -8.31. The van der Waals surface area contributed by atoms with Gasteiger partial charge in [0.2, 0.25) is 5.28 Å². The third-order valence-corrected chi connectivity index (χ3v) is 27.5. The average molecular weight is 1550 g/mol. The average Bonchev–Trinajstić information content (AvgIpc) is 1.56. The van der Waals surface area contributed by atoms with Crippen LogP contribution in [0.25, 0.3) is 33.2 Å². The van der Waals surface area contributed by atoms with Gasteiger partial charge in [-0.3, -0.25) is 9.36 Å². The number of anilines is 4. The van der Waals surface area contributed by atoms with Gasteiger partial charge in [-0.2, -0.15) is 45.4 Å². The summed E-state index contributed by atoms with van der Waals surface area (Å²) in [5.41, 5.74) is 13.7. The van der Waals surface area contributed by atoms with Crippen molar-refractivity contribution in [3.63, 3.8) is 0 Å². The number of fused-ring (bicyclic) bond motifs is 4. The predicted molar refractivity (Wildman–Crippen MR) is 432 cm³/mol. The highest BCUT2D eigenvalue weighted by atomic mass is 35.5. The van der Waals surface area contributed by atoms with Gasteiger partial charge in [-0.25, -0.2) is 19.9 Å². The Morgan fingerprint density at radius 1 is 0.500 bits per heavy atom. The van der Waals surface area contributed by atoms with Crippen LogP contribution < -0.4 is 25.1 Å². The molecular formula is C82H104BClN16O8S2. The van der Waals surface area contributed by atoms with E-state index >= 15 is 0 Å². The molecule has 5 aliphatic heterocycles. The van der Waals surface area contributed by atoms with Crippen molar-refractivity contribution in [1.29, 1.82) is 0 Å². The highest BCUT2D eigenvalue weighted by Crippen LogP contribution is 2.46. The van der Waals surface area contributed by atoms with Crippen molar-refractivity contribution in [3.05, 3.63) is 158 Å². The number of aromatic nitrogens is 12. The van der Waals surface area contributed by atoms with E-state index in [1.165, 1.54) is 52.5 Å². The zero-order valence-electron chi connectivity index (χ0n) is 66.9. The van der Waals surface area contributed by atoms with Crippen LogP contribution in [0.4, 0.5) is 23.3 Å². The van der Waals surface area contributed by atoms with Crippen LogP contribution in [0.15, 0.2) is 94.7 Å². The summed E-state index contributed by atoms with van der Waals surface area (Å²) in [6.07, 6.45) is 8.89. The summed E-state index contributed by atoms with van der Waals surface area (Å²) in [5.74, 6) is 6.09. The number of benzene rings is 4. The molecule has 4 aromatic carbocycles. The molecule has 0 amide bonds. The minimum atomic E-state index is -3.94. The molecular weight excluding hydrogens is 1450 g/mol. The maximum atomic E-state index is 13.9. The molecule has 0 radical (unpaired) electrons. The minimum Gasteiger partial charge on any atom is -0.399 e. The molecule has 11 heterocycles. The highest BCUT2D eigenvalue weighted by molar-refractivity contribution is 7.90. The number of hydrogen-bond donors (Lipinski definition) is 0. The fourth-order valence-corrected chi connectivity index (χ4v) is 19.7. The first-order valence-electron chi connectivity index (χ1n) is 38.6. The number of methoxy groups -OCH3 is 2. The van der Waals surface area contributed by atoms with Crippen LogP contribution in [0.2, 0.25) is 5.28 Å². The SMILES string of the molecule is CO[C@@H]1CCN(c2nc(-c3c(C)ccc4c3c(C)nn4S(=O)(=O)c3ccc(C)cc3)nc3c2CN(c2cc(C4CC4)nn2C)CC3)CC1(C)C.CO[C@@H]1CCN(c2nc(Cl)nc3c2CN(c2cc(C4CC4)nn2C)CC3)CC1(C)C.Cc1ccc(S(=O)(=O)n2nc(C)c3c(B4OC(C)(C)C(C)(C)O4)c(C)ccc32)cc1. The van der Waals surface area contributed by atoms with Crippen molar-refractivity contribution < 1.29 is 35.6 Å². The Morgan fingerprint density at radius 2 is 0.927 bits per heavy atom. The number of ether oxygens (including phenoxy) is 2. The smallest absolute Gasteiger partial charge is 0.399 e. The lowest BCUT2D eigenvalue weighted by atomic mass is 9.73. The van der Waals surface area contributed by atoms with E-state index in [4.69, 9.17) is 55.5 Å². The maximum Gasteiger partial charge on any atom is 0.495 e. The molecule has 24 nitrogen and oxygen atoms in total. The Labute approximate surface area is 652 Å². The van der Waals surface area contributed by atoms with E-state index in [-0.39, 0.29) is 32.8 Å². The third-order valence-electron chi connectivity index (χ3n) is 24.1. The van der Waals surface area contributed by atoms with E-state index in [1.807, 2.05) is 130 Å². The Bertz CT molecular complexity index is 5440. The second kappa shape index (κ2) is 28.7. The molecule has 17 rings (SSSR count). The van der Waals surface area contributed by atoms with Gasteiger partial charge >= 0.3 is 7.12 Å². The molecule has 3 saturated heterocycles. The fourth-order valence-electron chi connectivity index (χ4n) is 16.9. The van der Waals surface area contributed by atoms with Gasteiger partial charge in [-0.05, 0) is 167 Å². The number of aryl methyl sites for hydroxylation is 8. The number of piperidine rings is 2. The second-order valence-electron chi connectivity index (χ2n) is 33.8. The molecule has 2 atom stereocenters. The molecule has 10 aromatic rings. The molecule has 2 saturated carbocycles. The fraction of sp³-hybridized carbons (Fsp3) is 0.512. The van der Waals surface area contributed by atoms with Crippen molar-refractivity contribution >= 4 is 89.3 Å². The Morgan fingerprint density at radius 3 is 1.37 bits per heavy atom. The van der Waals surface area contributed by atoms with Crippen LogP contribution in [-0.2, 0) is 78.9 Å². The normalized spacial score (nSPS) is 20.2. The van der Waals surface area contributed by atoms with E-state index < -0.39 is 38.4 Å². The van der Waals surface area contributed by atoms with Crippen LogP contribution in [0, 0.1) is 52.4 Å². The van der Waals surface area contributed by atoms with Gasteiger partial charge < -0.3 is 38.4 Å². The zero-order chi connectivity index (χ0) is 78.2. The number of nitrogens with zero attached hydrogens (tertiary/aromatic N) is 16. The summed E-state index contributed by atoms with van der Waals surface area (Å²) in [4.78, 5) is 30.0. The second-order valence-corrected chi connectivity index (χ2v) is 37.7. The van der Waals surface area contributed by atoms with Crippen molar-refractivity contribution in [2.24, 2.45) is 24.9 Å². The molecule has 28 heteroatoms. The van der Waals surface area contributed by atoms with E-state index in [0.29, 0.717) is 51.9 Å². The maximum absolute atomic E-state index is 13.9. The van der Waals surface area contributed by atoms with Crippen molar-refractivity contribution in [2.45, 2.75) is 206 Å². The largest absolute Gasteiger partial charge is 0.495 e. The van der Waals surface area contributed by atoms with Crippen molar-refractivity contribution in [2.75, 3.05) is 73.1 Å². The lowest BCUT2D eigenvalue weighted by Gasteiger charge is -2.45. The van der Waals surface area contributed by atoms with Crippen LogP contribution in [0.3, 0.4) is 0 Å². The summed E-state index contributed by atoms with van der Waals surface area (Å²) in [7, 11) is -0.665. The first-order valence-corrected chi connectivity index (χ1v) is 41.9. The van der Waals surface area contributed by atoms with Gasteiger partial charge in [0.15, 0.2) is 5.82 Å².